The number of primary amides is 1. The molecule has 10 heteroatoms. The van der Waals surface area contributed by atoms with Crippen LogP contribution >= 0.6 is 0 Å². The highest BCUT2D eigenvalue weighted by Crippen LogP contribution is 2.10. The Bertz CT molecular complexity index is 867. The van der Waals surface area contributed by atoms with Crippen molar-refractivity contribution >= 4 is 23.8 Å². The van der Waals surface area contributed by atoms with Gasteiger partial charge in [0.05, 0.1) is 13.2 Å². The zero-order chi connectivity index (χ0) is 27.5. The summed E-state index contributed by atoms with van der Waals surface area (Å²) in [6.45, 7) is 12.5. The number of hydrogen-bond acceptors (Lipinski definition) is 6. The summed E-state index contributed by atoms with van der Waals surface area (Å²) < 4.78 is 11.0. The lowest BCUT2D eigenvalue weighted by atomic mass is 10.00. The lowest BCUT2D eigenvalue weighted by Gasteiger charge is -2.28. The first kappa shape index (κ1) is 30.9. The van der Waals surface area contributed by atoms with Gasteiger partial charge < -0.3 is 31.2 Å². The van der Waals surface area contributed by atoms with E-state index in [4.69, 9.17) is 15.2 Å². The van der Waals surface area contributed by atoms with Gasteiger partial charge in [-0.3, -0.25) is 14.4 Å². The van der Waals surface area contributed by atoms with Gasteiger partial charge in [0, 0.05) is 0 Å². The molecule has 1 aromatic carbocycles. The summed E-state index contributed by atoms with van der Waals surface area (Å²) in [5.74, 6) is -2.00. The van der Waals surface area contributed by atoms with E-state index < -0.39 is 47.5 Å². The Labute approximate surface area is 214 Å². The van der Waals surface area contributed by atoms with Gasteiger partial charge in [0.2, 0.25) is 17.7 Å². The van der Waals surface area contributed by atoms with Crippen LogP contribution in [0.2, 0.25) is 0 Å². The fourth-order valence-corrected chi connectivity index (χ4v) is 3.27. The van der Waals surface area contributed by atoms with Gasteiger partial charge in [0.1, 0.15) is 23.7 Å². The first-order chi connectivity index (χ1) is 16.7. The average Bonchev–Trinajstić information content (AvgIpc) is 2.74. The van der Waals surface area contributed by atoms with Crippen LogP contribution in [0.5, 0.6) is 0 Å². The standard InChI is InChI=1S/C26H42N4O6/c1-16(2)13-19(22(27)31)28-24(33)21(17(3)4)30-23(32)20(29-25(34)36-26(5,6)7)15-35-14-18-11-9-8-10-12-18/h8-12,16-17,19-21H,13-15H2,1-7H3,(H2,27,31)(H,28,33)(H,29,34)(H,30,32). The number of carbonyl (C=O) groups excluding carboxylic acids is 4. The van der Waals surface area contributed by atoms with Crippen LogP contribution in [0.1, 0.15) is 60.5 Å². The van der Waals surface area contributed by atoms with Crippen LogP contribution in [0.25, 0.3) is 0 Å². The monoisotopic (exact) mass is 506 g/mol. The molecule has 0 bridgehead atoms. The van der Waals surface area contributed by atoms with E-state index in [1.54, 1.807) is 34.6 Å². The van der Waals surface area contributed by atoms with Gasteiger partial charge in [0.15, 0.2) is 0 Å². The Morgan fingerprint density at radius 3 is 2.00 bits per heavy atom. The van der Waals surface area contributed by atoms with Crippen LogP contribution < -0.4 is 21.7 Å². The van der Waals surface area contributed by atoms with Crippen LogP contribution in [-0.4, -0.2) is 54.1 Å². The van der Waals surface area contributed by atoms with Crippen molar-refractivity contribution in [2.75, 3.05) is 6.61 Å². The molecule has 0 saturated heterocycles. The fourth-order valence-electron chi connectivity index (χ4n) is 3.27. The third-order valence-corrected chi connectivity index (χ3v) is 5.02. The summed E-state index contributed by atoms with van der Waals surface area (Å²) in [4.78, 5) is 50.3. The van der Waals surface area contributed by atoms with Crippen LogP contribution in [0.4, 0.5) is 4.79 Å². The first-order valence-corrected chi connectivity index (χ1v) is 12.2. The summed E-state index contributed by atoms with van der Waals surface area (Å²) in [6, 6.07) is 6.41. The predicted molar refractivity (Wildman–Crippen MR) is 137 cm³/mol. The molecule has 5 N–H and O–H groups in total. The van der Waals surface area contributed by atoms with Gasteiger partial charge in [0.25, 0.3) is 0 Å². The smallest absolute Gasteiger partial charge is 0.408 e. The van der Waals surface area contributed by atoms with Crippen molar-refractivity contribution in [1.82, 2.24) is 16.0 Å². The number of ether oxygens (including phenoxy) is 2. The summed E-state index contributed by atoms with van der Waals surface area (Å²) in [5.41, 5.74) is 5.58. The fraction of sp³-hybridized carbons (Fsp3) is 0.615. The number of carbonyl (C=O) groups is 4. The summed E-state index contributed by atoms with van der Waals surface area (Å²) in [6.07, 6.45) is -0.419. The predicted octanol–water partition coefficient (Wildman–Crippen LogP) is 2.25. The van der Waals surface area contributed by atoms with Crippen molar-refractivity contribution in [2.24, 2.45) is 17.6 Å². The van der Waals surface area contributed by atoms with Crippen LogP contribution in [-0.2, 0) is 30.5 Å². The maximum Gasteiger partial charge on any atom is 0.408 e. The topological polar surface area (TPSA) is 149 Å². The quantitative estimate of drug-likeness (QED) is 0.322. The minimum atomic E-state index is -1.12. The molecule has 10 nitrogen and oxygen atoms in total. The minimum absolute atomic E-state index is 0.124. The zero-order valence-electron chi connectivity index (χ0n) is 22.4. The van der Waals surface area contributed by atoms with Gasteiger partial charge in [-0.25, -0.2) is 4.79 Å². The third-order valence-electron chi connectivity index (χ3n) is 5.02. The Balaban J connectivity index is 2.96. The Morgan fingerprint density at radius 2 is 1.50 bits per heavy atom. The second kappa shape index (κ2) is 14.4. The van der Waals surface area contributed by atoms with E-state index in [-0.39, 0.29) is 25.0 Å². The van der Waals surface area contributed by atoms with Crippen LogP contribution in [0, 0.1) is 11.8 Å². The zero-order valence-corrected chi connectivity index (χ0v) is 22.4. The lowest BCUT2D eigenvalue weighted by molar-refractivity contribution is -0.133. The molecule has 4 amide bonds. The maximum atomic E-state index is 13.2. The van der Waals surface area contributed by atoms with E-state index in [2.05, 4.69) is 16.0 Å². The summed E-state index contributed by atoms with van der Waals surface area (Å²) in [7, 11) is 0. The lowest BCUT2D eigenvalue weighted by Crippen LogP contribution is -2.59. The number of benzene rings is 1. The highest BCUT2D eigenvalue weighted by molar-refractivity contribution is 5.93. The van der Waals surface area contributed by atoms with E-state index in [9.17, 15) is 19.2 Å². The van der Waals surface area contributed by atoms with E-state index in [1.807, 2.05) is 44.2 Å². The van der Waals surface area contributed by atoms with Crippen molar-refractivity contribution < 1.29 is 28.7 Å². The molecule has 0 saturated carbocycles. The summed E-state index contributed by atoms with van der Waals surface area (Å²) >= 11 is 0. The molecule has 0 spiro atoms. The average molecular weight is 507 g/mol. The van der Waals surface area contributed by atoms with Crippen molar-refractivity contribution in [2.45, 2.75) is 85.2 Å². The molecule has 1 rings (SSSR count). The molecule has 202 valence electrons. The van der Waals surface area contributed by atoms with Crippen molar-refractivity contribution in [1.29, 1.82) is 0 Å². The second-order valence-electron chi connectivity index (χ2n) is 10.5. The molecule has 0 aliphatic heterocycles. The number of alkyl carbamates (subject to hydrolysis) is 1. The van der Waals surface area contributed by atoms with Gasteiger partial charge in [-0.05, 0) is 44.6 Å². The molecule has 0 aromatic heterocycles. The number of amides is 4. The highest BCUT2D eigenvalue weighted by atomic mass is 16.6. The molecule has 3 atom stereocenters. The van der Waals surface area contributed by atoms with E-state index in [0.717, 1.165) is 5.56 Å². The van der Waals surface area contributed by atoms with Crippen molar-refractivity contribution in [3.8, 4) is 0 Å². The maximum absolute atomic E-state index is 13.2. The highest BCUT2D eigenvalue weighted by Gasteiger charge is 2.32. The second-order valence-corrected chi connectivity index (χ2v) is 10.5. The first-order valence-electron chi connectivity index (χ1n) is 12.2. The van der Waals surface area contributed by atoms with Gasteiger partial charge in [-0.15, -0.1) is 0 Å². The SMILES string of the molecule is CC(C)CC(NC(=O)C(NC(=O)C(COCc1ccccc1)NC(=O)OC(C)(C)C)C(C)C)C(N)=O. The van der Waals surface area contributed by atoms with Gasteiger partial charge in [-0.2, -0.15) is 0 Å². The molecular formula is C26H42N4O6. The largest absolute Gasteiger partial charge is 0.444 e. The van der Waals surface area contributed by atoms with Gasteiger partial charge >= 0.3 is 6.09 Å². The molecule has 0 aliphatic carbocycles. The molecule has 0 fully saturated rings. The number of nitrogens with one attached hydrogen (secondary N) is 3. The third kappa shape index (κ3) is 12.0. The number of hydrogen-bond donors (Lipinski definition) is 4. The van der Waals surface area contributed by atoms with Crippen molar-refractivity contribution in [3.63, 3.8) is 0 Å². The van der Waals surface area contributed by atoms with Crippen LogP contribution in [0.15, 0.2) is 30.3 Å². The number of rotatable bonds is 13. The van der Waals surface area contributed by atoms with Crippen molar-refractivity contribution in [3.05, 3.63) is 35.9 Å². The molecule has 0 heterocycles. The normalized spacial score (nSPS) is 14.0. The van der Waals surface area contributed by atoms with E-state index in [0.29, 0.717) is 6.42 Å². The van der Waals surface area contributed by atoms with E-state index >= 15 is 0 Å². The molecule has 3 unspecified atom stereocenters. The molecule has 0 radical (unpaired) electrons. The number of nitrogens with two attached hydrogens (primary N) is 1. The molecule has 0 aliphatic rings. The molecule has 1 aromatic rings. The Morgan fingerprint density at radius 1 is 0.889 bits per heavy atom. The molecule has 36 heavy (non-hydrogen) atoms. The Kier molecular flexibility index (Phi) is 12.4. The van der Waals surface area contributed by atoms with Gasteiger partial charge in [-0.1, -0.05) is 58.0 Å². The minimum Gasteiger partial charge on any atom is -0.444 e. The molecular weight excluding hydrogens is 464 g/mol. The van der Waals surface area contributed by atoms with E-state index in [1.165, 1.54) is 0 Å². The van der Waals surface area contributed by atoms with Crippen LogP contribution in [0.3, 0.4) is 0 Å². The summed E-state index contributed by atoms with van der Waals surface area (Å²) in [5, 5.41) is 7.84. The Hall–Kier alpha value is -3.14.